The summed E-state index contributed by atoms with van der Waals surface area (Å²) in [6.45, 7) is 3.83. The van der Waals surface area contributed by atoms with Crippen molar-refractivity contribution in [1.29, 1.82) is 0 Å². The summed E-state index contributed by atoms with van der Waals surface area (Å²) >= 11 is 6.28. The Morgan fingerprint density at radius 1 is 1.10 bits per heavy atom. The van der Waals surface area contributed by atoms with Crippen molar-refractivity contribution in [2.24, 2.45) is 11.8 Å². The number of hydrogen-bond donors (Lipinski definition) is 2. The summed E-state index contributed by atoms with van der Waals surface area (Å²) in [6, 6.07) is 14.4. The molecule has 7 heteroatoms. The summed E-state index contributed by atoms with van der Waals surface area (Å²) in [4.78, 5) is 42.0. The molecule has 0 aromatic heterocycles. The number of halogens is 1. The first-order valence-electron chi connectivity index (χ1n) is 10.7. The Kier molecular flexibility index (Phi) is 4.68. The van der Waals surface area contributed by atoms with Crippen LogP contribution in [0.1, 0.15) is 31.4 Å². The van der Waals surface area contributed by atoms with E-state index in [-0.39, 0.29) is 29.8 Å². The molecule has 0 aliphatic carbocycles. The minimum Gasteiger partial charge on any atom is -0.324 e. The molecule has 2 fully saturated rings. The Hall–Kier alpha value is -2.70. The SMILES string of the molecule is CC[C@@H](C)N1C(=O)[C@H]2[C@@H](C1=O)[C@@]1(N[C@@H]2Cc2ccccc2)C(=O)Nc2ccc(Cl)cc21. The molecular weight excluding hydrogens is 414 g/mol. The van der Waals surface area contributed by atoms with Crippen molar-refractivity contribution in [2.75, 3.05) is 5.32 Å². The van der Waals surface area contributed by atoms with Gasteiger partial charge in [0.15, 0.2) is 0 Å². The molecule has 1 spiro atoms. The lowest BCUT2D eigenvalue weighted by Crippen LogP contribution is -2.54. The highest BCUT2D eigenvalue weighted by molar-refractivity contribution is 6.31. The molecule has 2 aromatic carbocycles. The number of likely N-dealkylation sites (tertiary alicyclic amines) is 1. The van der Waals surface area contributed by atoms with Gasteiger partial charge in [-0.25, -0.2) is 0 Å². The van der Waals surface area contributed by atoms with Gasteiger partial charge in [-0.1, -0.05) is 48.9 Å². The fourth-order valence-corrected chi connectivity index (χ4v) is 5.63. The molecule has 160 valence electrons. The summed E-state index contributed by atoms with van der Waals surface area (Å²) in [7, 11) is 0. The molecule has 6 nitrogen and oxygen atoms in total. The number of carbonyl (C=O) groups excluding carboxylic acids is 3. The minimum absolute atomic E-state index is 0.196. The fourth-order valence-electron chi connectivity index (χ4n) is 5.46. The van der Waals surface area contributed by atoms with Crippen molar-refractivity contribution < 1.29 is 14.4 Å². The number of nitrogens with zero attached hydrogens (tertiary/aromatic N) is 1. The predicted molar refractivity (Wildman–Crippen MR) is 117 cm³/mol. The molecule has 2 aromatic rings. The summed E-state index contributed by atoms with van der Waals surface area (Å²) in [6.07, 6.45) is 1.20. The van der Waals surface area contributed by atoms with Crippen LogP contribution in [0.3, 0.4) is 0 Å². The number of anilines is 1. The lowest BCUT2D eigenvalue weighted by molar-refractivity contribution is -0.145. The summed E-state index contributed by atoms with van der Waals surface area (Å²) in [5, 5.41) is 6.84. The van der Waals surface area contributed by atoms with Gasteiger partial charge in [0.05, 0.1) is 11.8 Å². The lowest BCUT2D eigenvalue weighted by Gasteiger charge is -2.31. The number of imide groups is 1. The maximum absolute atomic E-state index is 13.6. The van der Waals surface area contributed by atoms with Gasteiger partial charge in [0.25, 0.3) is 0 Å². The van der Waals surface area contributed by atoms with E-state index in [1.165, 1.54) is 4.90 Å². The zero-order valence-corrected chi connectivity index (χ0v) is 18.1. The Bertz CT molecular complexity index is 1090. The number of carbonyl (C=O) groups is 3. The summed E-state index contributed by atoms with van der Waals surface area (Å²) in [5.41, 5.74) is 1.01. The minimum atomic E-state index is -1.31. The largest absolute Gasteiger partial charge is 0.324 e. The van der Waals surface area contributed by atoms with E-state index in [4.69, 9.17) is 11.6 Å². The quantitative estimate of drug-likeness (QED) is 0.720. The number of nitrogens with one attached hydrogen (secondary N) is 2. The van der Waals surface area contributed by atoms with Gasteiger partial charge in [-0.15, -0.1) is 0 Å². The number of hydrogen-bond acceptors (Lipinski definition) is 4. The average Bonchev–Trinajstić information content (AvgIpc) is 3.33. The molecule has 3 amide bonds. The standard InChI is InChI=1S/C24H24ClN3O3/c1-3-13(2)28-21(29)19-18(11-14-7-5-4-6-8-14)27-24(20(19)22(28)30)16-12-15(25)9-10-17(16)26-23(24)31/h4-10,12-13,18-20,27H,3,11H2,1-2H3,(H,26,31)/t13-,18-,19-,20+,24-/m1/s1. The third kappa shape index (κ3) is 2.78. The second-order valence-corrected chi connectivity index (χ2v) is 9.14. The third-order valence-corrected chi connectivity index (χ3v) is 7.28. The van der Waals surface area contributed by atoms with Crippen LogP contribution in [-0.2, 0) is 26.3 Å². The smallest absolute Gasteiger partial charge is 0.250 e. The van der Waals surface area contributed by atoms with Crippen LogP contribution < -0.4 is 10.6 Å². The second kappa shape index (κ2) is 7.18. The third-order valence-electron chi connectivity index (χ3n) is 7.04. The molecule has 2 saturated heterocycles. The Labute approximate surface area is 185 Å². The maximum Gasteiger partial charge on any atom is 0.250 e. The first-order valence-corrected chi connectivity index (χ1v) is 11.1. The average molecular weight is 438 g/mol. The van der Waals surface area contributed by atoms with Crippen molar-refractivity contribution in [3.63, 3.8) is 0 Å². The van der Waals surface area contributed by atoms with Gasteiger partial charge < -0.3 is 5.32 Å². The Morgan fingerprint density at radius 2 is 1.84 bits per heavy atom. The summed E-state index contributed by atoms with van der Waals surface area (Å²) < 4.78 is 0. The van der Waals surface area contributed by atoms with Gasteiger partial charge in [-0.3, -0.25) is 24.6 Å². The molecular formula is C24H24ClN3O3. The molecule has 5 atom stereocenters. The molecule has 31 heavy (non-hydrogen) atoms. The van der Waals surface area contributed by atoms with Crippen LogP contribution in [0.4, 0.5) is 5.69 Å². The molecule has 3 heterocycles. The van der Waals surface area contributed by atoms with E-state index in [2.05, 4.69) is 10.6 Å². The van der Waals surface area contributed by atoms with Crippen molar-refractivity contribution in [3.8, 4) is 0 Å². The van der Waals surface area contributed by atoms with Crippen LogP contribution >= 0.6 is 11.6 Å². The number of amides is 3. The molecule has 2 N–H and O–H groups in total. The number of fused-ring (bicyclic) bond motifs is 4. The molecule has 0 unspecified atom stereocenters. The van der Waals surface area contributed by atoms with E-state index in [9.17, 15) is 14.4 Å². The number of benzene rings is 2. The molecule has 0 saturated carbocycles. The molecule has 3 aliphatic rings. The van der Waals surface area contributed by atoms with Gasteiger partial charge >= 0.3 is 0 Å². The first-order chi connectivity index (χ1) is 14.9. The zero-order valence-electron chi connectivity index (χ0n) is 17.4. The Morgan fingerprint density at radius 3 is 2.55 bits per heavy atom. The van der Waals surface area contributed by atoms with Crippen LogP contribution in [0.5, 0.6) is 0 Å². The van der Waals surface area contributed by atoms with E-state index in [0.29, 0.717) is 29.1 Å². The molecule has 5 rings (SSSR count). The molecule has 3 aliphatic heterocycles. The predicted octanol–water partition coefficient (Wildman–Crippen LogP) is 3.10. The number of rotatable bonds is 4. The Balaban J connectivity index is 1.66. The van der Waals surface area contributed by atoms with E-state index in [1.54, 1.807) is 18.2 Å². The van der Waals surface area contributed by atoms with Gasteiger partial charge in [0.2, 0.25) is 17.7 Å². The molecule has 0 radical (unpaired) electrons. The second-order valence-electron chi connectivity index (χ2n) is 8.70. The highest BCUT2D eigenvalue weighted by atomic mass is 35.5. The van der Waals surface area contributed by atoms with Gasteiger partial charge in [-0.05, 0) is 43.5 Å². The van der Waals surface area contributed by atoms with Gasteiger partial charge in [0, 0.05) is 28.4 Å². The highest BCUT2D eigenvalue weighted by Crippen LogP contribution is 2.54. The fraction of sp³-hybridized carbons (Fsp3) is 0.375. The van der Waals surface area contributed by atoms with Crippen molar-refractivity contribution in [3.05, 3.63) is 64.7 Å². The lowest BCUT2D eigenvalue weighted by atomic mass is 9.76. The maximum atomic E-state index is 13.6. The topological polar surface area (TPSA) is 78.5 Å². The molecule has 0 bridgehead atoms. The highest BCUT2D eigenvalue weighted by Gasteiger charge is 2.70. The van der Waals surface area contributed by atoms with E-state index in [0.717, 1.165) is 5.56 Å². The van der Waals surface area contributed by atoms with Gasteiger partial charge in [-0.2, -0.15) is 0 Å². The van der Waals surface area contributed by atoms with Crippen LogP contribution in [0.25, 0.3) is 0 Å². The van der Waals surface area contributed by atoms with Crippen molar-refractivity contribution in [2.45, 2.75) is 44.3 Å². The van der Waals surface area contributed by atoms with Crippen molar-refractivity contribution in [1.82, 2.24) is 10.2 Å². The van der Waals surface area contributed by atoms with Crippen LogP contribution in [0.2, 0.25) is 5.02 Å². The van der Waals surface area contributed by atoms with Gasteiger partial charge in [0.1, 0.15) is 5.54 Å². The van der Waals surface area contributed by atoms with Crippen LogP contribution in [0, 0.1) is 11.8 Å². The van der Waals surface area contributed by atoms with E-state index < -0.39 is 17.4 Å². The normalized spacial score (nSPS) is 30.0. The van der Waals surface area contributed by atoms with E-state index in [1.807, 2.05) is 44.2 Å². The van der Waals surface area contributed by atoms with Crippen molar-refractivity contribution >= 4 is 35.0 Å². The van der Waals surface area contributed by atoms with E-state index >= 15 is 0 Å². The zero-order chi connectivity index (χ0) is 21.9. The van der Waals surface area contributed by atoms with Crippen LogP contribution in [-0.4, -0.2) is 34.7 Å². The van der Waals surface area contributed by atoms with Crippen LogP contribution in [0.15, 0.2) is 48.5 Å². The monoisotopic (exact) mass is 437 g/mol. The summed E-state index contributed by atoms with van der Waals surface area (Å²) in [5.74, 6) is -2.20. The first kappa shape index (κ1) is 20.2.